The molecule has 0 radical (unpaired) electrons. The predicted molar refractivity (Wildman–Crippen MR) is 76.4 cm³/mol. The molecule has 1 aromatic carbocycles. The van der Waals surface area contributed by atoms with Crippen LogP contribution in [0.5, 0.6) is 0 Å². The van der Waals surface area contributed by atoms with Gasteiger partial charge in [-0.1, -0.05) is 24.6 Å². The van der Waals surface area contributed by atoms with Gasteiger partial charge < -0.3 is 10.0 Å². The molecule has 0 spiro atoms. The van der Waals surface area contributed by atoms with E-state index in [4.69, 9.17) is 5.11 Å². The lowest BCUT2D eigenvalue weighted by atomic mass is 10.2. The SMILES string of the molecule is CCCN(CC(=O)O)C(=O)CSc1ccc(C)cc1. The number of carbonyl (C=O) groups is 2. The molecule has 5 heteroatoms. The first-order valence-electron chi connectivity index (χ1n) is 6.22. The van der Waals surface area contributed by atoms with E-state index in [0.29, 0.717) is 6.54 Å². The fourth-order valence-corrected chi connectivity index (χ4v) is 2.40. The topological polar surface area (TPSA) is 57.6 Å². The number of rotatable bonds is 7. The van der Waals surface area contributed by atoms with Gasteiger partial charge in [0.05, 0.1) is 5.75 Å². The van der Waals surface area contributed by atoms with E-state index in [0.717, 1.165) is 11.3 Å². The number of aryl methyl sites for hydroxylation is 1. The molecule has 0 fully saturated rings. The number of hydrogen-bond donors (Lipinski definition) is 1. The Morgan fingerprint density at radius 3 is 2.42 bits per heavy atom. The molecule has 0 aliphatic rings. The number of carboxylic acid groups (broad SMARTS) is 1. The third-order valence-corrected chi connectivity index (χ3v) is 3.55. The lowest BCUT2D eigenvalue weighted by Gasteiger charge is -2.19. The second kappa shape index (κ2) is 7.84. The van der Waals surface area contributed by atoms with Crippen molar-refractivity contribution in [2.24, 2.45) is 0 Å². The van der Waals surface area contributed by atoms with Crippen LogP contribution in [-0.2, 0) is 9.59 Å². The molecule has 4 nitrogen and oxygen atoms in total. The molecule has 0 atom stereocenters. The minimum Gasteiger partial charge on any atom is -0.480 e. The van der Waals surface area contributed by atoms with Crippen LogP contribution in [0.15, 0.2) is 29.2 Å². The third kappa shape index (κ3) is 5.79. The van der Waals surface area contributed by atoms with Crippen LogP contribution in [0.2, 0.25) is 0 Å². The largest absolute Gasteiger partial charge is 0.480 e. The first-order valence-corrected chi connectivity index (χ1v) is 7.20. The average molecular weight is 281 g/mol. The smallest absolute Gasteiger partial charge is 0.323 e. The molecule has 104 valence electrons. The summed E-state index contributed by atoms with van der Waals surface area (Å²) in [6.07, 6.45) is 0.758. The summed E-state index contributed by atoms with van der Waals surface area (Å²) >= 11 is 1.43. The molecule has 19 heavy (non-hydrogen) atoms. The number of benzene rings is 1. The van der Waals surface area contributed by atoms with Gasteiger partial charge in [0.25, 0.3) is 0 Å². The predicted octanol–water partition coefficient (Wildman–Crippen LogP) is 2.41. The highest BCUT2D eigenvalue weighted by Gasteiger charge is 2.15. The molecule has 0 saturated carbocycles. The quantitative estimate of drug-likeness (QED) is 0.780. The molecule has 0 aliphatic carbocycles. The summed E-state index contributed by atoms with van der Waals surface area (Å²) in [4.78, 5) is 25.1. The molecule has 1 amide bonds. The summed E-state index contributed by atoms with van der Waals surface area (Å²) in [7, 11) is 0. The van der Waals surface area contributed by atoms with Crippen molar-refractivity contribution in [1.29, 1.82) is 0 Å². The maximum atomic E-state index is 12.0. The van der Waals surface area contributed by atoms with Gasteiger partial charge >= 0.3 is 5.97 Å². The minimum atomic E-state index is -0.970. The Balaban J connectivity index is 2.51. The first-order chi connectivity index (χ1) is 9.02. The summed E-state index contributed by atoms with van der Waals surface area (Å²) in [5.74, 6) is -0.826. The Labute approximate surface area is 117 Å². The van der Waals surface area contributed by atoms with Gasteiger partial charge in [-0.05, 0) is 25.5 Å². The van der Waals surface area contributed by atoms with Crippen molar-refractivity contribution in [1.82, 2.24) is 4.90 Å². The number of aliphatic carboxylic acids is 1. The zero-order valence-corrected chi connectivity index (χ0v) is 12.1. The van der Waals surface area contributed by atoms with Gasteiger partial charge in [-0.15, -0.1) is 11.8 Å². The number of thioether (sulfide) groups is 1. The van der Waals surface area contributed by atoms with Gasteiger partial charge in [0, 0.05) is 11.4 Å². The van der Waals surface area contributed by atoms with E-state index in [1.165, 1.54) is 22.2 Å². The lowest BCUT2D eigenvalue weighted by molar-refractivity contribution is -0.143. The van der Waals surface area contributed by atoms with Gasteiger partial charge in [0.2, 0.25) is 5.91 Å². The Morgan fingerprint density at radius 2 is 1.89 bits per heavy atom. The highest BCUT2D eigenvalue weighted by atomic mass is 32.2. The molecular weight excluding hydrogens is 262 g/mol. The van der Waals surface area contributed by atoms with Gasteiger partial charge in [-0.2, -0.15) is 0 Å². The maximum absolute atomic E-state index is 12.0. The van der Waals surface area contributed by atoms with Gasteiger partial charge in [0.1, 0.15) is 6.54 Å². The van der Waals surface area contributed by atoms with Crippen LogP contribution >= 0.6 is 11.8 Å². The van der Waals surface area contributed by atoms with Crippen molar-refractivity contribution in [3.63, 3.8) is 0 Å². The zero-order chi connectivity index (χ0) is 14.3. The molecule has 0 aliphatic heterocycles. The van der Waals surface area contributed by atoms with E-state index in [2.05, 4.69) is 0 Å². The fourth-order valence-electron chi connectivity index (χ4n) is 1.60. The first kappa shape index (κ1) is 15.6. The molecule has 0 heterocycles. The Bertz CT molecular complexity index is 431. The van der Waals surface area contributed by atoms with Gasteiger partial charge in [0.15, 0.2) is 0 Å². The molecular formula is C14H19NO3S. The Morgan fingerprint density at radius 1 is 1.26 bits per heavy atom. The van der Waals surface area contributed by atoms with Gasteiger partial charge in [-0.3, -0.25) is 9.59 Å². The van der Waals surface area contributed by atoms with Crippen molar-refractivity contribution in [3.8, 4) is 0 Å². The minimum absolute atomic E-state index is 0.130. The molecule has 1 aromatic rings. The second-order valence-electron chi connectivity index (χ2n) is 4.31. The monoisotopic (exact) mass is 281 g/mol. The molecule has 0 bridgehead atoms. The van der Waals surface area contributed by atoms with E-state index >= 15 is 0 Å². The fraction of sp³-hybridized carbons (Fsp3) is 0.429. The van der Waals surface area contributed by atoms with Gasteiger partial charge in [-0.25, -0.2) is 0 Å². The van der Waals surface area contributed by atoms with Crippen molar-refractivity contribution in [3.05, 3.63) is 29.8 Å². The lowest BCUT2D eigenvalue weighted by Crippen LogP contribution is -2.37. The number of nitrogens with zero attached hydrogens (tertiary/aromatic N) is 1. The summed E-state index contributed by atoms with van der Waals surface area (Å²) < 4.78 is 0. The van der Waals surface area contributed by atoms with Crippen molar-refractivity contribution in [2.45, 2.75) is 25.2 Å². The molecule has 1 N–H and O–H groups in total. The van der Waals surface area contributed by atoms with Crippen LogP contribution in [0.3, 0.4) is 0 Å². The van der Waals surface area contributed by atoms with Crippen molar-refractivity contribution >= 4 is 23.6 Å². The van der Waals surface area contributed by atoms with Crippen LogP contribution in [0, 0.1) is 6.92 Å². The van der Waals surface area contributed by atoms with E-state index in [1.807, 2.05) is 38.1 Å². The molecule has 0 saturated heterocycles. The summed E-state index contributed by atoms with van der Waals surface area (Å²) in [6, 6.07) is 7.92. The number of carbonyl (C=O) groups excluding carboxylic acids is 1. The summed E-state index contributed by atoms with van der Waals surface area (Å²) in [5, 5.41) is 8.77. The number of amides is 1. The average Bonchev–Trinajstić information content (AvgIpc) is 2.37. The van der Waals surface area contributed by atoms with E-state index in [-0.39, 0.29) is 18.2 Å². The van der Waals surface area contributed by atoms with E-state index < -0.39 is 5.97 Å². The van der Waals surface area contributed by atoms with E-state index in [1.54, 1.807) is 0 Å². The summed E-state index contributed by atoms with van der Waals surface area (Å²) in [6.45, 7) is 4.20. The van der Waals surface area contributed by atoms with Crippen LogP contribution in [0.1, 0.15) is 18.9 Å². The highest BCUT2D eigenvalue weighted by Crippen LogP contribution is 2.18. The van der Waals surface area contributed by atoms with Crippen molar-refractivity contribution in [2.75, 3.05) is 18.8 Å². The number of carboxylic acids is 1. The van der Waals surface area contributed by atoms with Crippen LogP contribution in [0.25, 0.3) is 0 Å². The van der Waals surface area contributed by atoms with Crippen LogP contribution in [0.4, 0.5) is 0 Å². The summed E-state index contributed by atoms with van der Waals surface area (Å²) in [5.41, 5.74) is 1.18. The van der Waals surface area contributed by atoms with Crippen LogP contribution in [-0.4, -0.2) is 40.7 Å². The maximum Gasteiger partial charge on any atom is 0.323 e. The Kier molecular flexibility index (Phi) is 6.42. The molecule has 0 unspecified atom stereocenters. The highest BCUT2D eigenvalue weighted by molar-refractivity contribution is 8.00. The normalized spacial score (nSPS) is 10.2. The second-order valence-corrected chi connectivity index (χ2v) is 5.36. The molecule has 0 aromatic heterocycles. The third-order valence-electron chi connectivity index (χ3n) is 2.56. The van der Waals surface area contributed by atoms with Crippen molar-refractivity contribution < 1.29 is 14.7 Å². The Hall–Kier alpha value is -1.49. The standard InChI is InChI=1S/C14H19NO3S/c1-3-8-15(9-14(17)18)13(16)10-19-12-6-4-11(2)5-7-12/h4-7H,3,8-10H2,1-2H3,(H,17,18). The zero-order valence-electron chi connectivity index (χ0n) is 11.3. The number of hydrogen-bond acceptors (Lipinski definition) is 3. The van der Waals surface area contributed by atoms with Crippen LogP contribution < -0.4 is 0 Å². The van der Waals surface area contributed by atoms with E-state index in [9.17, 15) is 9.59 Å². The molecule has 1 rings (SSSR count).